The summed E-state index contributed by atoms with van der Waals surface area (Å²) in [5.74, 6) is 0.498. The third-order valence-corrected chi connectivity index (χ3v) is 4.14. The second-order valence-corrected chi connectivity index (χ2v) is 6.08. The van der Waals surface area contributed by atoms with Gasteiger partial charge in [0, 0.05) is 18.1 Å². The number of nitrogens with zero attached hydrogens (tertiary/aromatic N) is 2. The van der Waals surface area contributed by atoms with Crippen LogP contribution >= 0.6 is 11.3 Å². The topological polar surface area (TPSA) is 64.1 Å². The Balaban J connectivity index is 1.90. The van der Waals surface area contributed by atoms with Gasteiger partial charge in [-0.2, -0.15) is 0 Å². The molecule has 0 aliphatic heterocycles. The minimum atomic E-state index is -0.229. The number of carbonyl (C=O) groups is 1. The lowest BCUT2D eigenvalue weighted by molar-refractivity contribution is -0.111. The smallest absolute Gasteiger partial charge is 0.250 e. The van der Waals surface area contributed by atoms with Gasteiger partial charge in [-0.15, -0.1) is 10.2 Å². The van der Waals surface area contributed by atoms with Crippen LogP contribution < -0.4 is 10.1 Å². The molecule has 0 aliphatic rings. The number of aromatic nitrogens is 2. The van der Waals surface area contributed by atoms with Crippen LogP contribution in [-0.2, 0) is 11.2 Å². The van der Waals surface area contributed by atoms with E-state index in [4.69, 9.17) is 4.74 Å². The average Bonchev–Trinajstić information content (AvgIpc) is 3.00. The minimum absolute atomic E-state index is 0.229. The first kappa shape index (κ1) is 17.1. The number of ether oxygens (including phenoxy) is 1. The predicted molar refractivity (Wildman–Crippen MR) is 93.8 cm³/mol. The number of benzene rings is 1. The highest BCUT2D eigenvalue weighted by Crippen LogP contribution is 2.20. The Labute approximate surface area is 140 Å². The van der Waals surface area contributed by atoms with Gasteiger partial charge in [0.15, 0.2) is 0 Å². The quantitative estimate of drug-likeness (QED) is 0.588. The fourth-order valence-electron chi connectivity index (χ4n) is 2.05. The average molecular weight is 331 g/mol. The largest absolute Gasteiger partial charge is 0.496 e. The number of aryl methyl sites for hydroxylation is 1. The molecule has 1 aromatic heterocycles. The third-order valence-electron chi connectivity index (χ3n) is 3.24. The van der Waals surface area contributed by atoms with Gasteiger partial charge in [-0.25, -0.2) is 0 Å². The maximum atomic E-state index is 12.0. The molecule has 1 N–H and O–H groups in total. The fraction of sp³-hybridized carbons (Fsp3) is 0.353. The summed E-state index contributed by atoms with van der Waals surface area (Å²) in [5.41, 5.74) is 0.850. The van der Waals surface area contributed by atoms with Crippen LogP contribution in [0, 0.1) is 0 Å². The molecule has 0 bridgehead atoms. The van der Waals surface area contributed by atoms with Crippen molar-refractivity contribution in [3.63, 3.8) is 0 Å². The van der Waals surface area contributed by atoms with Gasteiger partial charge in [-0.1, -0.05) is 49.3 Å². The Bertz CT molecular complexity index is 667. The Hall–Kier alpha value is -2.21. The molecule has 0 atom stereocenters. The van der Waals surface area contributed by atoms with Crippen LogP contribution in [0.3, 0.4) is 0 Å². The Morgan fingerprint density at radius 1 is 1.30 bits per heavy atom. The van der Waals surface area contributed by atoms with Crippen LogP contribution in [-0.4, -0.2) is 23.2 Å². The molecule has 1 amide bonds. The van der Waals surface area contributed by atoms with Crippen LogP contribution in [0.15, 0.2) is 30.3 Å². The van der Waals surface area contributed by atoms with Gasteiger partial charge >= 0.3 is 0 Å². The van der Waals surface area contributed by atoms with E-state index >= 15 is 0 Å². The van der Waals surface area contributed by atoms with E-state index in [1.54, 1.807) is 13.2 Å². The highest BCUT2D eigenvalue weighted by molar-refractivity contribution is 7.15. The van der Waals surface area contributed by atoms with Gasteiger partial charge in [0.25, 0.3) is 0 Å². The van der Waals surface area contributed by atoms with Crippen molar-refractivity contribution in [1.82, 2.24) is 10.2 Å². The van der Waals surface area contributed by atoms with E-state index in [-0.39, 0.29) is 5.91 Å². The molecule has 0 fully saturated rings. The maximum absolute atomic E-state index is 12.0. The van der Waals surface area contributed by atoms with Gasteiger partial charge in [-0.05, 0) is 18.6 Å². The normalized spacial score (nSPS) is 10.9. The van der Waals surface area contributed by atoms with Gasteiger partial charge in [0.05, 0.1) is 7.11 Å². The Kier molecular flexibility index (Phi) is 6.75. The van der Waals surface area contributed by atoms with Crippen molar-refractivity contribution < 1.29 is 9.53 Å². The van der Waals surface area contributed by atoms with Crippen LogP contribution in [0.5, 0.6) is 5.75 Å². The standard InChI is InChI=1S/C17H21N3O2S/c1-3-4-5-10-16-19-20-17(23-16)18-15(21)12-11-13-8-6-7-9-14(13)22-2/h6-9,11-12H,3-5,10H2,1-2H3,(H,18,20,21)/b12-11+. The summed E-state index contributed by atoms with van der Waals surface area (Å²) in [6.45, 7) is 2.17. The number of methoxy groups -OCH3 is 1. The summed E-state index contributed by atoms with van der Waals surface area (Å²) in [7, 11) is 1.61. The van der Waals surface area contributed by atoms with E-state index in [0.717, 1.165) is 29.2 Å². The van der Waals surface area contributed by atoms with Crippen LogP contribution in [0.2, 0.25) is 0 Å². The van der Waals surface area contributed by atoms with Crippen LogP contribution in [0.25, 0.3) is 6.08 Å². The third kappa shape index (κ3) is 5.49. The van der Waals surface area contributed by atoms with Gasteiger partial charge in [-0.3, -0.25) is 10.1 Å². The number of hydrogen-bond acceptors (Lipinski definition) is 5. The second kappa shape index (κ2) is 9.05. The molecule has 2 aromatic rings. The highest BCUT2D eigenvalue weighted by atomic mass is 32.1. The van der Waals surface area contributed by atoms with Gasteiger partial charge in [0.1, 0.15) is 10.8 Å². The molecule has 0 saturated carbocycles. The molecule has 0 radical (unpaired) electrons. The maximum Gasteiger partial charge on any atom is 0.250 e. The molecule has 1 heterocycles. The zero-order chi connectivity index (χ0) is 16.5. The zero-order valence-corrected chi connectivity index (χ0v) is 14.2. The van der Waals surface area contributed by atoms with E-state index in [2.05, 4.69) is 22.4 Å². The van der Waals surface area contributed by atoms with Crippen LogP contribution in [0.1, 0.15) is 36.8 Å². The van der Waals surface area contributed by atoms with E-state index in [1.807, 2.05) is 24.3 Å². The second-order valence-electron chi connectivity index (χ2n) is 5.02. The SMILES string of the molecule is CCCCCc1nnc(NC(=O)/C=C/c2ccccc2OC)s1. The number of unbranched alkanes of at least 4 members (excludes halogenated alkanes) is 2. The van der Waals surface area contributed by atoms with Crippen molar-refractivity contribution in [3.05, 3.63) is 40.9 Å². The molecule has 5 nitrogen and oxygen atoms in total. The molecule has 0 aliphatic carbocycles. The summed E-state index contributed by atoms with van der Waals surface area (Å²) in [6.07, 6.45) is 7.57. The lowest BCUT2D eigenvalue weighted by Crippen LogP contribution is -2.07. The monoisotopic (exact) mass is 331 g/mol. The molecule has 0 saturated heterocycles. The van der Waals surface area contributed by atoms with Gasteiger partial charge in [0.2, 0.25) is 11.0 Å². The molecule has 1 aromatic carbocycles. The molecule has 6 heteroatoms. The Morgan fingerprint density at radius 2 is 2.13 bits per heavy atom. The zero-order valence-electron chi connectivity index (χ0n) is 13.4. The lowest BCUT2D eigenvalue weighted by Gasteiger charge is -2.03. The fourth-order valence-corrected chi connectivity index (χ4v) is 2.83. The van der Waals surface area contributed by atoms with E-state index in [9.17, 15) is 4.79 Å². The van der Waals surface area contributed by atoms with E-state index < -0.39 is 0 Å². The number of hydrogen-bond donors (Lipinski definition) is 1. The van der Waals surface area contributed by atoms with Crippen molar-refractivity contribution >= 4 is 28.5 Å². The Morgan fingerprint density at radius 3 is 2.91 bits per heavy atom. The highest BCUT2D eigenvalue weighted by Gasteiger charge is 2.06. The number of amides is 1. The molecule has 0 unspecified atom stereocenters. The predicted octanol–water partition coefficient (Wildman–Crippen LogP) is 3.93. The molecule has 122 valence electrons. The molecule has 2 rings (SSSR count). The minimum Gasteiger partial charge on any atom is -0.496 e. The summed E-state index contributed by atoms with van der Waals surface area (Å²) >= 11 is 1.43. The lowest BCUT2D eigenvalue weighted by atomic mass is 10.2. The van der Waals surface area contributed by atoms with Crippen LogP contribution in [0.4, 0.5) is 5.13 Å². The first-order valence-electron chi connectivity index (χ1n) is 7.67. The van der Waals surface area contributed by atoms with E-state index in [1.165, 1.54) is 30.3 Å². The number of carbonyl (C=O) groups excluding carboxylic acids is 1. The molecule has 23 heavy (non-hydrogen) atoms. The van der Waals surface area contributed by atoms with Crippen molar-refractivity contribution in [2.75, 3.05) is 12.4 Å². The van der Waals surface area contributed by atoms with Crippen molar-refractivity contribution in [2.24, 2.45) is 0 Å². The van der Waals surface area contributed by atoms with Crippen molar-refractivity contribution in [3.8, 4) is 5.75 Å². The number of anilines is 1. The first-order chi connectivity index (χ1) is 11.2. The summed E-state index contributed by atoms with van der Waals surface area (Å²) in [5, 5.41) is 12.3. The molecular weight excluding hydrogens is 310 g/mol. The molecule has 0 spiro atoms. The number of rotatable bonds is 8. The molecular formula is C17H21N3O2S. The number of nitrogens with one attached hydrogen (secondary N) is 1. The van der Waals surface area contributed by atoms with Crippen molar-refractivity contribution in [1.29, 1.82) is 0 Å². The van der Waals surface area contributed by atoms with Gasteiger partial charge < -0.3 is 4.74 Å². The summed E-state index contributed by atoms with van der Waals surface area (Å²) in [6, 6.07) is 7.52. The summed E-state index contributed by atoms with van der Waals surface area (Å²) in [4.78, 5) is 12.0. The van der Waals surface area contributed by atoms with E-state index in [0.29, 0.717) is 5.13 Å². The summed E-state index contributed by atoms with van der Waals surface area (Å²) < 4.78 is 5.24. The first-order valence-corrected chi connectivity index (χ1v) is 8.49. The number of para-hydroxylation sites is 1. The van der Waals surface area contributed by atoms with Crippen molar-refractivity contribution in [2.45, 2.75) is 32.6 Å².